The second kappa shape index (κ2) is 6.09. The Kier molecular flexibility index (Phi) is 4.44. The Bertz CT molecular complexity index is 646. The van der Waals surface area contributed by atoms with Crippen molar-refractivity contribution in [2.75, 3.05) is 14.2 Å². The SMILES string of the molecule is COc1ccc(-c2n[nH]c(=S)n2CC(C)C)cc1OC. The number of methoxy groups -OCH3 is 2. The van der Waals surface area contributed by atoms with Crippen LogP contribution < -0.4 is 9.47 Å². The highest BCUT2D eigenvalue weighted by atomic mass is 32.1. The Hall–Kier alpha value is -1.82. The van der Waals surface area contributed by atoms with Gasteiger partial charge >= 0.3 is 0 Å². The maximum atomic E-state index is 5.33. The molecule has 0 bridgehead atoms. The molecule has 0 fully saturated rings. The van der Waals surface area contributed by atoms with Crippen molar-refractivity contribution >= 4 is 12.2 Å². The largest absolute Gasteiger partial charge is 0.493 e. The zero-order valence-corrected chi connectivity index (χ0v) is 13.0. The molecule has 5 nitrogen and oxygen atoms in total. The minimum atomic E-state index is 0.484. The van der Waals surface area contributed by atoms with Gasteiger partial charge in [0.25, 0.3) is 0 Å². The fraction of sp³-hybridized carbons (Fsp3) is 0.429. The molecule has 0 radical (unpaired) electrons. The number of nitrogens with zero attached hydrogens (tertiary/aromatic N) is 2. The smallest absolute Gasteiger partial charge is 0.195 e. The van der Waals surface area contributed by atoms with Gasteiger partial charge in [-0.2, -0.15) is 5.10 Å². The van der Waals surface area contributed by atoms with E-state index in [1.807, 2.05) is 22.8 Å². The van der Waals surface area contributed by atoms with Gasteiger partial charge in [-0.1, -0.05) is 13.8 Å². The number of aromatic amines is 1. The number of hydrogen-bond acceptors (Lipinski definition) is 4. The third kappa shape index (κ3) is 2.85. The van der Waals surface area contributed by atoms with E-state index in [0.717, 1.165) is 17.9 Å². The molecule has 108 valence electrons. The van der Waals surface area contributed by atoms with Crippen LogP contribution in [0.25, 0.3) is 11.4 Å². The standard InChI is InChI=1S/C14H19N3O2S/c1-9(2)8-17-13(15-16-14(17)20)10-5-6-11(18-3)12(7-10)19-4/h5-7,9H,8H2,1-4H3,(H,16,20). The number of H-pyrrole nitrogens is 1. The van der Waals surface area contributed by atoms with Crippen molar-refractivity contribution in [3.05, 3.63) is 23.0 Å². The van der Waals surface area contributed by atoms with Crippen molar-refractivity contribution in [2.45, 2.75) is 20.4 Å². The summed E-state index contributed by atoms with van der Waals surface area (Å²) < 4.78 is 13.2. The summed E-state index contributed by atoms with van der Waals surface area (Å²) in [6, 6.07) is 5.72. The average Bonchev–Trinajstić information content (AvgIpc) is 2.79. The lowest BCUT2D eigenvalue weighted by Gasteiger charge is -2.12. The van der Waals surface area contributed by atoms with Crippen LogP contribution in [0.1, 0.15) is 13.8 Å². The first kappa shape index (κ1) is 14.6. The van der Waals surface area contributed by atoms with Gasteiger partial charge in [-0.3, -0.25) is 9.67 Å². The molecule has 1 N–H and O–H groups in total. The molecule has 1 heterocycles. The molecule has 2 aromatic rings. The Morgan fingerprint density at radius 3 is 2.55 bits per heavy atom. The quantitative estimate of drug-likeness (QED) is 0.860. The molecule has 0 saturated heterocycles. The Labute approximate surface area is 123 Å². The summed E-state index contributed by atoms with van der Waals surface area (Å²) in [7, 11) is 3.24. The molecule has 20 heavy (non-hydrogen) atoms. The summed E-state index contributed by atoms with van der Waals surface area (Å²) in [5, 5.41) is 7.17. The van der Waals surface area contributed by atoms with Gasteiger partial charge in [-0.05, 0) is 36.3 Å². The number of aromatic nitrogens is 3. The predicted molar refractivity (Wildman–Crippen MR) is 80.8 cm³/mol. The van der Waals surface area contributed by atoms with Crippen LogP contribution in [0.15, 0.2) is 18.2 Å². The van der Waals surface area contributed by atoms with E-state index in [1.165, 1.54) is 0 Å². The van der Waals surface area contributed by atoms with Gasteiger partial charge in [0, 0.05) is 12.1 Å². The lowest BCUT2D eigenvalue weighted by molar-refractivity contribution is 0.355. The third-order valence-corrected chi connectivity index (χ3v) is 3.26. The van der Waals surface area contributed by atoms with E-state index in [-0.39, 0.29) is 0 Å². The maximum Gasteiger partial charge on any atom is 0.195 e. The van der Waals surface area contributed by atoms with Crippen molar-refractivity contribution < 1.29 is 9.47 Å². The summed E-state index contributed by atoms with van der Waals surface area (Å²) in [6.45, 7) is 5.11. The van der Waals surface area contributed by atoms with Gasteiger partial charge in [-0.25, -0.2) is 0 Å². The van der Waals surface area contributed by atoms with Crippen molar-refractivity contribution in [3.8, 4) is 22.9 Å². The summed E-state index contributed by atoms with van der Waals surface area (Å²) >= 11 is 5.29. The lowest BCUT2D eigenvalue weighted by atomic mass is 10.1. The molecule has 0 amide bonds. The van der Waals surface area contributed by atoms with E-state index in [1.54, 1.807) is 14.2 Å². The van der Waals surface area contributed by atoms with Gasteiger partial charge in [0.2, 0.25) is 0 Å². The van der Waals surface area contributed by atoms with Crippen molar-refractivity contribution in [1.82, 2.24) is 14.8 Å². The monoisotopic (exact) mass is 293 g/mol. The highest BCUT2D eigenvalue weighted by Gasteiger charge is 2.13. The molecule has 6 heteroatoms. The molecule has 0 unspecified atom stereocenters. The summed E-state index contributed by atoms with van der Waals surface area (Å²) in [4.78, 5) is 0. The molecule has 0 aliphatic rings. The lowest BCUT2D eigenvalue weighted by Crippen LogP contribution is -2.06. The number of benzene rings is 1. The van der Waals surface area contributed by atoms with Crippen LogP contribution in [0.3, 0.4) is 0 Å². The summed E-state index contributed by atoms with van der Waals surface area (Å²) in [5.74, 6) is 2.67. The molecular formula is C14H19N3O2S. The first-order valence-electron chi connectivity index (χ1n) is 6.44. The van der Waals surface area contributed by atoms with Gasteiger partial charge in [-0.15, -0.1) is 0 Å². The molecule has 0 aliphatic heterocycles. The molecule has 1 aromatic heterocycles. The normalized spacial score (nSPS) is 10.8. The second-order valence-electron chi connectivity index (χ2n) is 4.93. The number of ether oxygens (including phenoxy) is 2. The Morgan fingerprint density at radius 1 is 1.25 bits per heavy atom. The zero-order chi connectivity index (χ0) is 14.7. The first-order chi connectivity index (χ1) is 9.56. The van der Waals surface area contributed by atoms with Crippen LogP contribution in [-0.4, -0.2) is 29.0 Å². The summed E-state index contributed by atoms with van der Waals surface area (Å²) in [6.07, 6.45) is 0. The van der Waals surface area contributed by atoms with E-state index in [0.29, 0.717) is 22.2 Å². The van der Waals surface area contributed by atoms with Crippen molar-refractivity contribution in [3.63, 3.8) is 0 Å². The summed E-state index contributed by atoms with van der Waals surface area (Å²) in [5.41, 5.74) is 0.940. The van der Waals surface area contributed by atoms with Crippen molar-refractivity contribution in [2.24, 2.45) is 5.92 Å². The number of rotatable bonds is 5. The highest BCUT2D eigenvalue weighted by Crippen LogP contribution is 2.31. The second-order valence-corrected chi connectivity index (χ2v) is 5.31. The molecule has 0 aliphatic carbocycles. The van der Waals surface area contributed by atoms with E-state index in [2.05, 4.69) is 24.0 Å². The fourth-order valence-electron chi connectivity index (χ4n) is 2.05. The highest BCUT2D eigenvalue weighted by molar-refractivity contribution is 7.71. The van der Waals surface area contributed by atoms with E-state index in [4.69, 9.17) is 21.7 Å². The van der Waals surface area contributed by atoms with Gasteiger partial charge in [0.05, 0.1) is 14.2 Å². The van der Waals surface area contributed by atoms with Gasteiger partial charge < -0.3 is 9.47 Å². The molecule has 1 aromatic carbocycles. The average molecular weight is 293 g/mol. The Balaban J connectivity index is 2.49. The van der Waals surface area contributed by atoms with Crippen LogP contribution in [-0.2, 0) is 6.54 Å². The Morgan fingerprint density at radius 2 is 1.95 bits per heavy atom. The molecule has 0 spiro atoms. The van der Waals surface area contributed by atoms with Gasteiger partial charge in [0.1, 0.15) is 0 Å². The van der Waals surface area contributed by atoms with Crippen LogP contribution in [0, 0.1) is 10.7 Å². The minimum Gasteiger partial charge on any atom is -0.493 e. The predicted octanol–water partition coefficient (Wildman–Crippen LogP) is 3.28. The molecular weight excluding hydrogens is 274 g/mol. The third-order valence-electron chi connectivity index (χ3n) is 2.95. The fourth-order valence-corrected chi connectivity index (χ4v) is 2.25. The van der Waals surface area contributed by atoms with Crippen LogP contribution >= 0.6 is 12.2 Å². The van der Waals surface area contributed by atoms with Crippen molar-refractivity contribution in [1.29, 1.82) is 0 Å². The first-order valence-corrected chi connectivity index (χ1v) is 6.85. The molecule has 0 atom stereocenters. The van der Waals surface area contributed by atoms with E-state index >= 15 is 0 Å². The maximum absolute atomic E-state index is 5.33. The van der Waals surface area contributed by atoms with E-state index < -0.39 is 0 Å². The minimum absolute atomic E-state index is 0.484. The van der Waals surface area contributed by atoms with Gasteiger partial charge in [0.15, 0.2) is 22.1 Å². The van der Waals surface area contributed by atoms with E-state index in [9.17, 15) is 0 Å². The topological polar surface area (TPSA) is 52.1 Å². The van der Waals surface area contributed by atoms with Crippen LogP contribution in [0.2, 0.25) is 0 Å². The zero-order valence-electron chi connectivity index (χ0n) is 12.1. The molecule has 2 rings (SSSR count). The van der Waals surface area contributed by atoms with Crippen LogP contribution in [0.5, 0.6) is 11.5 Å². The number of nitrogens with one attached hydrogen (secondary N) is 1. The van der Waals surface area contributed by atoms with Crippen LogP contribution in [0.4, 0.5) is 0 Å². The molecule has 0 saturated carbocycles. The number of hydrogen-bond donors (Lipinski definition) is 1.